The molecule has 2 N–H and O–H groups in total. The van der Waals surface area contributed by atoms with E-state index in [-0.39, 0.29) is 11.7 Å². The Balaban J connectivity index is 1.98. The van der Waals surface area contributed by atoms with E-state index in [1.807, 2.05) is 4.90 Å². The summed E-state index contributed by atoms with van der Waals surface area (Å²) >= 11 is 0. The minimum atomic E-state index is -1.04. The number of piperidine rings is 1. The van der Waals surface area contributed by atoms with Crippen LogP contribution in [0.1, 0.15) is 12.8 Å². The van der Waals surface area contributed by atoms with Crippen LogP contribution >= 0.6 is 0 Å². The van der Waals surface area contributed by atoms with Crippen molar-refractivity contribution in [2.24, 2.45) is 7.05 Å². The number of fused-ring (bicyclic) bond motifs is 1. The van der Waals surface area contributed by atoms with Gasteiger partial charge in [-0.05, 0) is 18.9 Å². The maximum atomic E-state index is 11.2. The van der Waals surface area contributed by atoms with Gasteiger partial charge in [0.2, 0.25) is 0 Å². The molecule has 1 atom stereocenters. The van der Waals surface area contributed by atoms with Gasteiger partial charge in [0.05, 0.1) is 10.3 Å². The van der Waals surface area contributed by atoms with Gasteiger partial charge in [-0.25, -0.2) is 4.79 Å². The molecule has 2 aromatic rings. The van der Waals surface area contributed by atoms with Crippen LogP contribution in [0.2, 0.25) is 0 Å². The lowest BCUT2D eigenvalue weighted by molar-refractivity contribution is -0.383. The zero-order valence-corrected chi connectivity index (χ0v) is 12.6. The number of carboxylic acid groups (broad SMARTS) is 1. The standard InChI is InChI=1S/C14H17N5O4/c1-17-12-10(5-2-6-11(12)19(22)23)13(16-17)18-7-3-4-9(8-18)15-14(20)21/h2,5-6,9,15H,3-4,7-8H2,1H3,(H,20,21)/t9-/m1/s1. The van der Waals surface area contributed by atoms with Crippen molar-refractivity contribution < 1.29 is 14.8 Å². The number of non-ortho nitro benzene ring substituents is 1. The molecule has 1 aromatic heterocycles. The number of nitrogens with one attached hydrogen (secondary N) is 1. The summed E-state index contributed by atoms with van der Waals surface area (Å²) < 4.78 is 1.51. The SMILES string of the molecule is Cn1nc(N2CCC[C@@H](NC(=O)O)C2)c2cccc([N+](=O)[O-])c21. The van der Waals surface area contributed by atoms with E-state index in [1.165, 1.54) is 10.7 Å². The van der Waals surface area contributed by atoms with E-state index in [4.69, 9.17) is 5.11 Å². The van der Waals surface area contributed by atoms with Crippen molar-refractivity contribution >= 4 is 28.5 Å². The molecular formula is C14H17N5O4. The number of aromatic nitrogens is 2. The first-order chi connectivity index (χ1) is 11.0. The van der Waals surface area contributed by atoms with E-state index in [0.29, 0.717) is 23.3 Å². The molecule has 1 aliphatic rings. The molecule has 0 spiro atoms. The highest BCUT2D eigenvalue weighted by atomic mass is 16.6. The molecule has 9 heteroatoms. The van der Waals surface area contributed by atoms with Gasteiger partial charge in [-0.3, -0.25) is 14.8 Å². The topological polar surface area (TPSA) is 114 Å². The zero-order chi connectivity index (χ0) is 16.6. The van der Waals surface area contributed by atoms with E-state index >= 15 is 0 Å². The van der Waals surface area contributed by atoms with E-state index in [1.54, 1.807) is 19.2 Å². The Hall–Kier alpha value is -2.84. The van der Waals surface area contributed by atoms with Crippen molar-refractivity contribution in [2.45, 2.75) is 18.9 Å². The van der Waals surface area contributed by atoms with Crippen molar-refractivity contribution in [1.29, 1.82) is 0 Å². The zero-order valence-electron chi connectivity index (χ0n) is 12.6. The molecule has 1 aromatic carbocycles. The Morgan fingerprint density at radius 2 is 2.30 bits per heavy atom. The quantitative estimate of drug-likeness (QED) is 0.657. The van der Waals surface area contributed by atoms with Crippen LogP contribution < -0.4 is 10.2 Å². The van der Waals surface area contributed by atoms with Crippen LogP contribution in [-0.2, 0) is 7.05 Å². The molecule has 9 nitrogen and oxygen atoms in total. The summed E-state index contributed by atoms with van der Waals surface area (Å²) in [5, 5.41) is 27.7. The number of nitrogens with zero attached hydrogens (tertiary/aromatic N) is 4. The second-order valence-electron chi connectivity index (χ2n) is 5.61. The summed E-state index contributed by atoms with van der Waals surface area (Å²) in [5.74, 6) is 0.656. The number of nitro benzene ring substituents is 1. The maximum absolute atomic E-state index is 11.2. The molecule has 1 saturated heterocycles. The molecule has 0 aliphatic carbocycles. The third-order valence-corrected chi connectivity index (χ3v) is 4.07. The van der Waals surface area contributed by atoms with Crippen LogP contribution in [0.25, 0.3) is 10.9 Å². The molecule has 1 aliphatic heterocycles. The Bertz CT molecular complexity index is 772. The maximum Gasteiger partial charge on any atom is 0.404 e. The number of hydrogen-bond acceptors (Lipinski definition) is 5. The van der Waals surface area contributed by atoms with Crippen molar-refractivity contribution in [3.05, 3.63) is 28.3 Å². The van der Waals surface area contributed by atoms with Gasteiger partial charge >= 0.3 is 6.09 Å². The molecule has 1 amide bonds. The molecule has 0 saturated carbocycles. The van der Waals surface area contributed by atoms with Crippen LogP contribution in [0.3, 0.4) is 0 Å². The van der Waals surface area contributed by atoms with Gasteiger partial charge in [0.25, 0.3) is 5.69 Å². The molecule has 1 fully saturated rings. The summed E-state index contributed by atoms with van der Waals surface area (Å²) in [7, 11) is 1.68. The van der Waals surface area contributed by atoms with Crippen molar-refractivity contribution in [2.75, 3.05) is 18.0 Å². The third kappa shape index (κ3) is 2.77. The van der Waals surface area contributed by atoms with Gasteiger partial charge in [0.1, 0.15) is 5.52 Å². The largest absolute Gasteiger partial charge is 0.465 e. The molecule has 3 rings (SSSR count). The highest BCUT2D eigenvalue weighted by Crippen LogP contribution is 2.33. The molecular weight excluding hydrogens is 302 g/mol. The average Bonchev–Trinajstić information content (AvgIpc) is 2.84. The number of para-hydroxylation sites is 1. The molecule has 23 heavy (non-hydrogen) atoms. The van der Waals surface area contributed by atoms with E-state index in [0.717, 1.165) is 19.4 Å². The smallest absolute Gasteiger partial charge is 0.404 e. The fourth-order valence-corrected chi connectivity index (χ4v) is 3.14. The number of carbonyl (C=O) groups is 1. The number of anilines is 1. The van der Waals surface area contributed by atoms with Crippen molar-refractivity contribution in [3.63, 3.8) is 0 Å². The monoisotopic (exact) mass is 319 g/mol. The summed E-state index contributed by atoms with van der Waals surface area (Å²) in [6.07, 6.45) is 0.560. The Morgan fingerprint density at radius 1 is 1.52 bits per heavy atom. The van der Waals surface area contributed by atoms with Crippen LogP contribution in [0.15, 0.2) is 18.2 Å². The minimum absolute atomic E-state index is 0.0148. The van der Waals surface area contributed by atoms with Gasteiger partial charge in [-0.15, -0.1) is 0 Å². The lowest BCUT2D eigenvalue weighted by Crippen LogP contribution is -2.47. The van der Waals surface area contributed by atoms with E-state index in [9.17, 15) is 14.9 Å². The lowest BCUT2D eigenvalue weighted by Gasteiger charge is -2.32. The van der Waals surface area contributed by atoms with Gasteiger partial charge in [0, 0.05) is 32.2 Å². The number of hydrogen-bond donors (Lipinski definition) is 2. The number of nitro groups is 1. The minimum Gasteiger partial charge on any atom is -0.465 e. The van der Waals surface area contributed by atoms with Gasteiger partial charge in [-0.1, -0.05) is 6.07 Å². The summed E-state index contributed by atoms with van der Waals surface area (Å²) in [6, 6.07) is 4.73. The highest BCUT2D eigenvalue weighted by molar-refractivity contribution is 5.96. The lowest BCUT2D eigenvalue weighted by atomic mass is 10.1. The van der Waals surface area contributed by atoms with Gasteiger partial charge in [0.15, 0.2) is 5.82 Å². The fourth-order valence-electron chi connectivity index (χ4n) is 3.14. The predicted molar refractivity (Wildman–Crippen MR) is 83.8 cm³/mol. The average molecular weight is 319 g/mol. The molecule has 0 bridgehead atoms. The normalized spacial score (nSPS) is 18.1. The van der Waals surface area contributed by atoms with E-state index < -0.39 is 11.0 Å². The highest BCUT2D eigenvalue weighted by Gasteiger charge is 2.26. The number of benzene rings is 1. The fraction of sp³-hybridized carbons (Fsp3) is 0.429. The van der Waals surface area contributed by atoms with Crippen molar-refractivity contribution in [3.8, 4) is 0 Å². The third-order valence-electron chi connectivity index (χ3n) is 4.07. The Morgan fingerprint density at radius 3 is 3.00 bits per heavy atom. The first-order valence-electron chi connectivity index (χ1n) is 7.32. The van der Waals surface area contributed by atoms with Crippen molar-refractivity contribution in [1.82, 2.24) is 15.1 Å². The number of rotatable bonds is 3. The van der Waals surface area contributed by atoms with E-state index in [2.05, 4.69) is 10.4 Å². The first kappa shape index (κ1) is 15.1. The molecule has 0 radical (unpaired) electrons. The molecule has 122 valence electrons. The Labute approximate surface area is 131 Å². The Kier molecular flexibility index (Phi) is 3.77. The second kappa shape index (κ2) is 5.75. The molecule has 2 heterocycles. The summed E-state index contributed by atoms with van der Waals surface area (Å²) in [6.45, 7) is 1.24. The second-order valence-corrected chi connectivity index (χ2v) is 5.61. The summed E-state index contributed by atoms with van der Waals surface area (Å²) in [5.41, 5.74) is 0.488. The number of aryl methyl sites for hydroxylation is 1. The number of amides is 1. The summed E-state index contributed by atoms with van der Waals surface area (Å²) in [4.78, 5) is 23.6. The van der Waals surface area contributed by atoms with Gasteiger partial charge in [-0.2, -0.15) is 5.10 Å². The van der Waals surface area contributed by atoms with Crippen LogP contribution in [0.5, 0.6) is 0 Å². The first-order valence-corrected chi connectivity index (χ1v) is 7.32. The van der Waals surface area contributed by atoms with Gasteiger partial charge < -0.3 is 15.3 Å². The molecule has 0 unspecified atom stereocenters. The van der Waals surface area contributed by atoms with Crippen LogP contribution in [0.4, 0.5) is 16.3 Å². The van der Waals surface area contributed by atoms with Crippen LogP contribution in [-0.4, -0.2) is 45.0 Å². The predicted octanol–water partition coefficient (Wildman–Crippen LogP) is 1.72. The van der Waals surface area contributed by atoms with Crippen LogP contribution in [0, 0.1) is 10.1 Å².